The first-order chi connectivity index (χ1) is 7.04. The predicted molar refractivity (Wildman–Crippen MR) is 62.8 cm³/mol. The fraction of sp³-hybridized carbons (Fsp3) is 0.500. The van der Waals surface area contributed by atoms with Crippen LogP contribution in [0.15, 0.2) is 18.2 Å². The van der Waals surface area contributed by atoms with Crippen molar-refractivity contribution in [3.8, 4) is 0 Å². The number of halogens is 2. The number of nitrogens with one attached hydrogen (secondary N) is 1. The Morgan fingerprint density at radius 1 is 1.40 bits per heavy atom. The summed E-state index contributed by atoms with van der Waals surface area (Å²) in [6, 6.07) is 5.43. The minimum atomic E-state index is -0.335. The molecule has 0 heterocycles. The third-order valence-corrected chi connectivity index (χ3v) is 3.16. The molecule has 1 aromatic carbocycles. The summed E-state index contributed by atoms with van der Waals surface area (Å²) in [6.07, 6.45) is 0.857. The summed E-state index contributed by atoms with van der Waals surface area (Å²) in [6.45, 7) is 4.27. The lowest BCUT2D eigenvalue weighted by Crippen LogP contribution is -2.29. The Kier molecular flexibility index (Phi) is 4.55. The molecule has 2 atom stereocenters. The number of benzene rings is 1. The maximum Gasteiger partial charge on any atom is 0.142 e. The van der Waals surface area contributed by atoms with E-state index >= 15 is 0 Å². The lowest BCUT2D eigenvalue weighted by atomic mass is 9.95. The van der Waals surface area contributed by atoms with Crippen LogP contribution in [0.4, 0.5) is 4.39 Å². The first kappa shape index (κ1) is 12.5. The molecule has 1 rings (SSSR count). The van der Waals surface area contributed by atoms with Gasteiger partial charge in [0.25, 0.3) is 0 Å². The van der Waals surface area contributed by atoms with E-state index in [1.807, 2.05) is 13.1 Å². The Balaban J connectivity index is 2.68. The van der Waals surface area contributed by atoms with Crippen LogP contribution in [-0.2, 0) is 6.42 Å². The molecule has 84 valence electrons. The molecule has 3 heteroatoms. The van der Waals surface area contributed by atoms with Crippen molar-refractivity contribution >= 4 is 11.6 Å². The zero-order valence-electron chi connectivity index (χ0n) is 9.35. The summed E-state index contributed by atoms with van der Waals surface area (Å²) in [4.78, 5) is 0. The molecule has 0 bridgehead atoms. The van der Waals surface area contributed by atoms with Gasteiger partial charge in [0.15, 0.2) is 0 Å². The molecule has 0 spiro atoms. The van der Waals surface area contributed by atoms with Crippen molar-refractivity contribution in [1.82, 2.24) is 5.32 Å². The second kappa shape index (κ2) is 5.47. The first-order valence-corrected chi connectivity index (χ1v) is 5.53. The van der Waals surface area contributed by atoms with Crippen LogP contribution in [0.25, 0.3) is 0 Å². The van der Waals surface area contributed by atoms with Crippen molar-refractivity contribution in [2.75, 3.05) is 7.05 Å². The summed E-state index contributed by atoms with van der Waals surface area (Å²) in [5.41, 5.74) is 0.992. The van der Waals surface area contributed by atoms with Crippen LogP contribution in [0.5, 0.6) is 0 Å². The third kappa shape index (κ3) is 3.47. The van der Waals surface area contributed by atoms with E-state index in [0.29, 0.717) is 12.0 Å². The Bertz CT molecular complexity index is 327. The van der Waals surface area contributed by atoms with E-state index in [4.69, 9.17) is 11.6 Å². The fourth-order valence-electron chi connectivity index (χ4n) is 1.50. The van der Waals surface area contributed by atoms with Gasteiger partial charge in [-0.15, -0.1) is 0 Å². The van der Waals surface area contributed by atoms with Gasteiger partial charge in [0.1, 0.15) is 5.82 Å². The molecule has 0 saturated heterocycles. The zero-order valence-corrected chi connectivity index (χ0v) is 10.1. The van der Waals surface area contributed by atoms with Gasteiger partial charge < -0.3 is 5.32 Å². The number of rotatable bonds is 4. The second-order valence-electron chi connectivity index (χ2n) is 4.01. The molecule has 1 nitrogen and oxygen atoms in total. The molecular formula is C12H17ClFN. The number of hydrogen-bond donors (Lipinski definition) is 1. The van der Waals surface area contributed by atoms with Gasteiger partial charge in [0.05, 0.1) is 5.02 Å². The van der Waals surface area contributed by atoms with Crippen molar-refractivity contribution in [2.24, 2.45) is 5.92 Å². The van der Waals surface area contributed by atoms with Crippen LogP contribution in [0.3, 0.4) is 0 Å². The van der Waals surface area contributed by atoms with Crippen LogP contribution in [0, 0.1) is 11.7 Å². The van der Waals surface area contributed by atoms with Crippen LogP contribution in [-0.4, -0.2) is 13.1 Å². The van der Waals surface area contributed by atoms with Gasteiger partial charge in [0, 0.05) is 6.04 Å². The number of hydrogen-bond acceptors (Lipinski definition) is 1. The van der Waals surface area contributed by atoms with E-state index in [2.05, 4.69) is 19.2 Å². The summed E-state index contributed by atoms with van der Waals surface area (Å²) in [5.74, 6) is 0.133. The molecule has 0 saturated carbocycles. The van der Waals surface area contributed by atoms with Crippen molar-refractivity contribution in [1.29, 1.82) is 0 Å². The molecule has 0 fully saturated rings. The van der Waals surface area contributed by atoms with Gasteiger partial charge in [-0.2, -0.15) is 0 Å². The first-order valence-electron chi connectivity index (χ1n) is 5.15. The topological polar surface area (TPSA) is 12.0 Å². The molecule has 0 aliphatic carbocycles. The van der Waals surface area contributed by atoms with Gasteiger partial charge in [-0.25, -0.2) is 4.39 Å². The molecular weight excluding hydrogens is 213 g/mol. The van der Waals surface area contributed by atoms with Crippen LogP contribution in [0.1, 0.15) is 19.4 Å². The molecule has 2 unspecified atom stereocenters. The molecule has 0 aliphatic rings. The van der Waals surface area contributed by atoms with Crippen LogP contribution >= 0.6 is 11.6 Å². The highest BCUT2D eigenvalue weighted by Crippen LogP contribution is 2.18. The minimum absolute atomic E-state index is 0.188. The standard InChI is InChI=1S/C12H17ClFN/c1-8(9(2)15-3)6-10-4-5-11(13)12(14)7-10/h4-5,7-9,15H,6H2,1-3H3. The third-order valence-electron chi connectivity index (χ3n) is 2.85. The van der Waals surface area contributed by atoms with Crippen LogP contribution in [0.2, 0.25) is 5.02 Å². The quantitative estimate of drug-likeness (QED) is 0.836. The van der Waals surface area contributed by atoms with E-state index in [-0.39, 0.29) is 10.8 Å². The fourth-order valence-corrected chi connectivity index (χ4v) is 1.62. The molecule has 0 radical (unpaired) electrons. The highest BCUT2D eigenvalue weighted by Gasteiger charge is 2.11. The highest BCUT2D eigenvalue weighted by atomic mass is 35.5. The molecule has 0 aromatic heterocycles. The maximum atomic E-state index is 13.2. The van der Waals surface area contributed by atoms with Crippen LogP contribution < -0.4 is 5.32 Å². The second-order valence-corrected chi connectivity index (χ2v) is 4.41. The van der Waals surface area contributed by atoms with Gasteiger partial charge in [-0.05, 0) is 44.0 Å². The largest absolute Gasteiger partial charge is 0.317 e. The lowest BCUT2D eigenvalue weighted by molar-refractivity contribution is 0.423. The molecule has 15 heavy (non-hydrogen) atoms. The minimum Gasteiger partial charge on any atom is -0.317 e. The molecule has 0 amide bonds. The highest BCUT2D eigenvalue weighted by molar-refractivity contribution is 6.30. The van der Waals surface area contributed by atoms with E-state index in [0.717, 1.165) is 12.0 Å². The Morgan fingerprint density at radius 3 is 2.60 bits per heavy atom. The Morgan fingerprint density at radius 2 is 2.07 bits per heavy atom. The summed E-state index contributed by atoms with van der Waals surface area (Å²) in [5, 5.41) is 3.38. The Hall–Kier alpha value is -0.600. The predicted octanol–water partition coefficient (Wildman–Crippen LogP) is 3.27. The van der Waals surface area contributed by atoms with Crippen molar-refractivity contribution < 1.29 is 4.39 Å². The molecule has 1 N–H and O–H groups in total. The van der Waals surface area contributed by atoms with Crippen molar-refractivity contribution in [3.05, 3.63) is 34.6 Å². The Labute approximate surface area is 95.6 Å². The van der Waals surface area contributed by atoms with Gasteiger partial charge >= 0.3 is 0 Å². The van der Waals surface area contributed by atoms with E-state index in [9.17, 15) is 4.39 Å². The smallest absolute Gasteiger partial charge is 0.142 e. The maximum absolute atomic E-state index is 13.2. The summed E-state index contributed by atoms with van der Waals surface area (Å²) >= 11 is 5.62. The SMILES string of the molecule is CNC(C)C(C)Cc1ccc(Cl)c(F)c1. The lowest BCUT2D eigenvalue weighted by Gasteiger charge is -2.19. The van der Waals surface area contributed by atoms with E-state index in [1.54, 1.807) is 6.07 Å². The van der Waals surface area contributed by atoms with Gasteiger partial charge in [0.2, 0.25) is 0 Å². The van der Waals surface area contributed by atoms with Crippen molar-refractivity contribution in [2.45, 2.75) is 26.3 Å². The normalized spacial score (nSPS) is 15.0. The summed E-state index contributed by atoms with van der Waals surface area (Å²) in [7, 11) is 1.93. The van der Waals surface area contributed by atoms with Gasteiger partial charge in [-0.1, -0.05) is 24.6 Å². The average Bonchev–Trinajstić information content (AvgIpc) is 2.22. The van der Waals surface area contributed by atoms with E-state index in [1.165, 1.54) is 6.07 Å². The average molecular weight is 230 g/mol. The van der Waals surface area contributed by atoms with E-state index < -0.39 is 0 Å². The van der Waals surface area contributed by atoms with Crippen molar-refractivity contribution in [3.63, 3.8) is 0 Å². The summed E-state index contributed by atoms with van der Waals surface area (Å²) < 4.78 is 13.2. The van der Waals surface area contributed by atoms with Gasteiger partial charge in [-0.3, -0.25) is 0 Å². The molecule has 0 aliphatic heterocycles. The molecule has 1 aromatic rings. The zero-order chi connectivity index (χ0) is 11.4. The monoisotopic (exact) mass is 229 g/mol.